The maximum atomic E-state index is 12.4. The van der Waals surface area contributed by atoms with Crippen LogP contribution in [0.15, 0.2) is 30.3 Å². The van der Waals surface area contributed by atoms with E-state index in [2.05, 4.69) is 21.9 Å². The minimum Gasteiger partial charge on any atom is -0.338 e. The van der Waals surface area contributed by atoms with Gasteiger partial charge in [-0.2, -0.15) is 0 Å². The second-order valence-corrected chi connectivity index (χ2v) is 7.86. The van der Waals surface area contributed by atoms with E-state index in [1.54, 1.807) is 0 Å². The normalized spacial score (nSPS) is 24.8. The summed E-state index contributed by atoms with van der Waals surface area (Å²) in [6, 6.07) is 10.3. The average molecular weight is 346 g/mol. The number of halogens is 1. The molecular formula is C21H31FN2O. The second kappa shape index (κ2) is 8.79. The van der Waals surface area contributed by atoms with Crippen LogP contribution < -0.4 is 0 Å². The van der Waals surface area contributed by atoms with Crippen LogP contribution in [-0.2, 0) is 11.3 Å². The summed E-state index contributed by atoms with van der Waals surface area (Å²) >= 11 is 0. The van der Waals surface area contributed by atoms with Crippen LogP contribution in [-0.4, -0.2) is 48.6 Å². The van der Waals surface area contributed by atoms with Crippen molar-refractivity contribution in [3.8, 4) is 0 Å². The van der Waals surface area contributed by atoms with Crippen LogP contribution >= 0.6 is 0 Å². The first kappa shape index (κ1) is 18.4. The Morgan fingerprint density at radius 2 is 1.88 bits per heavy atom. The van der Waals surface area contributed by atoms with Crippen LogP contribution in [0.5, 0.6) is 0 Å². The minimum atomic E-state index is -0.194. The predicted molar refractivity (Wildman–Crippen MR) is 99.0 cm³/mol. The van der Waals surface area contributed by atoms with Crippen LogP contribution in [0.2, 0.25) is 0 Å². The summed E-state index contributed by atoms with van der Waals surface area (Å²) in [5.41, 5.74) is 1.48. The molecule has 2 aliphatic rings. The van der Waals surface area contributed by atoms with Gasteiger partial charge in [-0.3, -0.25) is 9.18 Å². The Hall–Kier alpha value is -1.42. The van der Waals surface area contributed by atoms with E-state index in [1.807, 2.05) is 18.2 Å². The molecule has 1 aromatic rings. The monoisotopic (exact) mass is 346 g/mol. The number of alkyl halides is 1. The van der Waals surface area contributed by atoms with Crippen molar-refractivity contribution in [1.82, 2.24) is 9.80 Å². The number of amides is 1. The van der Waals surface area contributed by atoms with E-state index in [4.69, 9.17) is 0 Å². The molecule has 3 rings (SSSR count). The molecule has 4 heteroatoms. The summed E-state index contributed by atoms with van der Waals surface area (Å²) in [6.07, 6.45) is 6.92. The topological polar surface area (TPSA) is 23.6 Å². The molecule has 0 aromatic heterocycles. The van der Waals surface area contributed by atoms with Gasteiger partial charge in [0, 0.05) is 31.5 Å². The first-order chi connectivity index (χ1) is 12.2. The lowest BCUT2D eigenvalue weighted by Gasteiger charge is -2.48. The molecule has 25 heavy (non-hydrogen) atoms. The van der Waals surface area contributed by atoms with Gasteiger partial charge in [0.1, 0.15) is 0 Å². The van der Waals surface area contributed by atoms with Gasteiger partial charge in [-0.15, -0.1) is 0 Å². The summed E-state index contributed by atoms with van der Waals surface area (Å²) in [4.78, 5) is 17.1. The Kier molecular flexibility index (Phi) is 6.46. The highest BCUT2D eigenvalue weighted by atomic mass is 19.1. The van der Waals surface area contributed by atoms with Crippen molar-refractivity contribution in [2.45, 2.75) is 51.5 Å². The fraction of sp³-hybridized carbons (Fsp3) is 0.667. The summed E-state index contributed by atoms with van der Waals surface area (Å²) in [5, 5.41) is 0. The van der Waals surface area contributed by atoms with Crippen molar-refractivity contribution in [1.29, 1.82) is 0 Å². The zero-order valence-electron chi connectivity index (χ0n) is 15.3. The lowest BCUT2D eigenvalue weighted by Crippen LogP contribution is -2.53. The molecule has 0 unspecified atom stereocenters. The Morgan fingerprint density at radius 1 is 1.04 bits per heavy atom. The van der Waals surface area contributed by atoms with Gasteiger partial charge in [0.15, 0.2) is 0 Å². The van der Waals surface area contributed by atoms with Crippen molar-refractivity contribution in [2.75, 3.05) is 32.9 Å². The third kappa shape index (κ3) is 5.04. The van der Waals surface area contributed by atoms with Crippen molar-refractivity contribution in [3.63, 3.8) is 0 Å². The quantitative estimate of drug-likeness (QED) is 0.696. The van der Waals surface area contributed by atoms with Crippen LogP contribution in [0.1, 0.15) is 50.5 Å². The summed E-state index contributed by atoms with van der Waals surface area (Å²) in [5.74, 6) is 0.301. The van der Waals surface area contributed by atoms with Crippen LogP contribution in [0, 0.1) is 5.41 Å². The molecule has 0 aliphatic carbocycles. The van der Waals surface area contributed by atoms with Gasteiger partial charge < -0.3 is 9.80 Å². The highest BCUT2D eigenvalue weighted by Crippen LogP contribution is 2.39. The number of hydrogen-bond acceptors (Lipinski definition) is 2. The van der Waals surface area contributed by atoms with E-state index in [0.717, 1.165) is 52.0 Å². The minimum absolute atomic E-state index is 0.194. The second-order valence-electron chi connectivity index (χ2n) is 7.86. The van der Waals surface area contributed by atoms with E-state index in [9.17, 15) is 9.18 Å². The third-order valence-corrected chi connectivity index (χ3v) is 5.81. The van der Waals surface area contributed by atoms with Gasteiger partial charge in [-0.25, -0.2) is 0 Å². The maximum Gasteiger partial charge on any atom is 0.222 e. The Bertz CT molecular complexity index is 550. The Morgan fingerprint density at radius 3 is 2.68 bits per heavy atom. The summed E-state index contributed by atoms with van der Waals surface area (Å²) in [7, 11) is 0. The van der Waals surface area contributed by atoms with E-state index in [0.29, 0.717) is 18.7 Å². The first-order valence-electron chi connectivity index (χ1n) is 9.81. The average Bonchev–Trinajstić information content (AvgIpc) is 2.63. The number of hydrogen-bond donors (Lipinski definition) is 0. The highest BCUT2D eigenvalue weighted by Gasteiger charge is 2.41. The number of rotatable bonds is 7. The largest absolute Gasteiger partial charge is 0.338 e. The Balaban J connectivity index is 1.57. The van der Waals surface area contributed by atoms with Crippen LogP contribution in [0.3, 0.4) is 0 Å². The van der Waals surface area contributed by atoms with Crippen molar-refractivity contribution >= 4 is 5.91 Å². The molecule has 1 aromatic carbocycles. The van der Waals surface area contributed by atoms with Crippen LogP contribution in [0.4, 0.5) is 4.39 Å². The van der Waals surface area contributed by atoms with E-state index < -0.39 is 0 Å². The van der Waals surface area contributed by atoms with E-state index in [1.165, 1.54) is 18.4 Å². The van der Waals surface area contributed by atoms with Crippen molar-refractivity contribution in [3.05, 3.63) is 35.9 Å². The highest BCUT2D eigenvalue weighted by molar-refractivity contribution is 5.77. The molecule has 0 bridgehead atoms. The zero-order valence-corrected chi connectivity index (χ0v) is 15.3. The van der Waals surface area contributed by atoms with Gasteiger partial charge in [0.2, 0.25) is 5.91 Å². The molecule has 2 aliphatic heterocycles. The third-order valence-electron chi connectivity index (χ3n) is 5.81. The molecular weight excluding hydrogens is 315 g/mol. The van der Waals surface area contributed by atoms with Crippen molar-refractivity contribution in [2.24, 2.45) is 5.41 Å². The lowest BCUT2D eigenvalue weighted by molar-refractivity contribution is -0.140. The molecule has 1 atom stereocenters. The van der Waals surface area contributed by atoms with Gasteiger partial charge in [0.05, 0.1) is 6.67 Å². The first-order valence-corrected chi connectivity index (χ1v) is 9.81. The smallest absolute Gasteiger partial charge is 0.222 e. The van der Waals surface area contributed by atoms with Gasteiger partial charge in [-0.05, 0) is 57.2 Å². The lowest BCUT2D eigenvalue weighted by atomic mass is 9.73. The van der Waals surface area contributed by atoms with Gasteiger partial charge in [0.25, 0.3) is 0 Å². The number of benzene rings is 1. The molecule has 1 spiro atoms. The van der Waals surface area contributed by atoms with Crippen molar-refractivity contribution < 1.29 is 9.18 Å². The fourth-order valence-corrected chi connectivity index (χ4v) is 4.49. The predicted octanol–water partition coefficient (Wildman–Crippen LogP) is 4.03. The number of carbonyl (C=O) groups excluding carboxylic acids is 1. The maximum absolute atomic E-state index is 12.4. The number of likely N-dealkylation sites (tertiary alicyclic amines) is 2. The van der Waals surface area contributed by atoms with E-state index >= 15 is 0 Å². The van der Waals surface area contributed by atoms with E-state index in [-0.39, 0.29) is 12.1 Å². The number of unbranched alkanes of at least 4 members (excludes halogenated alkanes) is 2. The summed E-state index contributed by atoms with van der Waals surface area (Å²) < 4.78 is 12.3. The molecule has 2 heterocycles. The molecule has 0 saturated carbocycles. The van der Waals surface area contributed by atoms with Crippen LogP contribution in [0.25, 0.3) is 0 Å². The van der Waals surface area contributed by atoms with Gasteiger partial charge in [-0.1, -0.05) is 30.3 Å². The number of piperidine rings is 2. The Labute approximate surface area is 151 Å². The number of nitrogens with zero attached hydrogens (tertiary/aromatic N) is 2. The fourth-order valence-electron chi connectivity index (χ4n) is 4.49. The molecule has 1 amide bonds. The molecule has 2 fully saturated rings. The molecule has 0 radical (unpaired) electrons. The molecule has 2 saturated heterocycles. The number of carbonyl (C=O) groups is 1. The molecule has 138 valence electrons. The summed E-state index contributed by atoms with van der Waals surface area (Å²) in [6.45, 7) is 4.76. The standard InChI is InChI=1S/C21H31FN2O/c22-13-5-2-6-14-23-15-7-11-21(17-23)12-10-20(25)24(18-21)16-19-8-3-1-4-9-19/h1,3-4,8-9H,2,5-7,10-18H2/t21-/m0/s1. The zero-order chi connectivity index (χ0) is 17.5. The molecule has 3 nitrogen and oxygen atoms in total. The SMILES string of the molecule is O=C1CC[C@]2(CCCN(CCCCCF)C2)CN1Cc1ccccc1. The molecule has 0 N–H and O–H groups in total. The van der Waals surface area contributed by atoms with Gasteiger partial charge >= 0.3 is 0 Å².